The van der Waals surface area contributed by atoms with Crippen LogP contribution in [0.1, 0.15) is 46.5 Å². The summed E-state index contributed by atoms with van der Waals surface area (Å²) in [7, 11) is 0. The van der Waals surface area contributed by atoms with Gasteiger partial charge in [-0.05, 0) is 32.7 Å². The molecule has 1 unspecified atom stereocenters. The van der Waals surface area contributed by atoms with E-state index in [1.165, 1.54) is 32.2 Å². The van der Waals surface area contributed by atoms with Crippen LogP contribution in [0.5, 0.6) is 0 Å². The highest BCUT2D eigenvalue weighted by molar-refractivity contribution is 5.04. The zero-order valence-corrected chi connectivity index (χ0v) is 11.3. The highest BCUT2D eigenvalue weighted by Gasteiger charge is 2.18. The van der Waals surface area contributed by atoms with Crippen molar-refractivity contribution in [1.82, 2.24) is 10.2 Å². The van der Waals surface area contributed by atoms with Crippen LogP contribution in [0.2, 0.25) is 0 Å². The van der Waals surface area contributed by atoms with E-state index >= 15 is 0 Å². The van der Waals surface area contributed by atoms with Crippen molar-refractivity contribution in [2.24, 2.45) is 0 Å². The predicted molar refractivity (Wildman–Crippen MR) is 71.8 cm³/mol. The van der Waals surface area contributed by atoms with Gasteiger partial charge >= 0.3 is 0 Å². The van der Waals surface area contributed by atoms with E-state index in [9.17, 15) is 0 Å². The summed E-state index contributed by atoms with van der Waals surface area (Å²) in [6, 6.07) is 0.737. The van der Waals surface area contributed by atoms with Gasteiger partial charge < -0.3 is 5.32 Å². The molecule has 16 heavy (non-hydrogen) atoms. The Hall–Kier alpha value is -0.340. The summed E-state index contributed by atoms with van der Waals surface area (Å²) >= 11 is 0. The van der Waals surface area contributed by atoms with Crippen molar-refractivity contribution in [2.75, 3.05) is 26.2 Å². The van der Waals surface area contributed by atoms with Gasteiger partial charge in [0.2, 0.25) is 0 Å². The van der Waals surface area contributed by atoms with Crippen LogP contribution in [0.3, 0.4) is 0 Å². The first kappa shape index (κ1) is 13.7. The fraction of sp³-hybridized carbons (Fsp3) is 0.857. The second-order valence-electron chi connectivity index (χ2n) is 4.94. The van der Waals surface area contributed by atoms with Crippen LogP contribution in [0.4, 0.5) is 0 Å². The van der Waals surface area contributed by atoms with Crippen molar-refractivity contribution in [3.05, 3.63) is 11.6 Å². The average molecular weight is 224 g/mol. The van der Waals surface area contributed by atoms with Crippen LogP contribution in [0.25, 0.3) is 0 Å². The lowest BCUT2D eigenvalue weighted by atomic mass is 10.0. The third kappa shape index (κ3) is 4.67. The van der Waals surface area contributed by atoms with Crippen molar-refractivity contribution in [3.63, 3.8) is 0 Å². The quantitative estimate of drug-likeness (QED) is 0.528. The van der Waals surface area contributed by atoms with E-state index in [2.05, 4.69) is 37.1 Å². The monoisotopic (exact) mass is 224 g/mol. The number of nitrogens with zero attached hydrogens (tertiary/aromatic N) is 1. The van der Waals surface area contributed by atoms with E-state index in [1.54, 1.807) is 5.57 Å². The van der Waals surface area contributed by atoms with Crippen LogP contribution in [0, 0.1) is 0 Å². The molecule has 0 aromatic carbocycles. The lowest BCUT2D eigenvalue weighted by Gasteiger charge is -2.33. The highest BCUT2D eigenvalue weighted by Crippen LogP contribution is 2.15. The molecular formula is C14H28N2. The number of hydrogen-bond acceptors (Lipinski definition) is 2. The summed E-state index contributed by atoms with van der Waals surface area (Å²) in [4.78, 5) is 2.64. The second kappa shape index (κ2) is 7.86. The maximum atomic E-state index is 3.57. The first-order valence-corrected chi connectivity index (χ1v) is 6.88. The molecule has 0 fully saturated rings. The Balaban J connectivity index is 2.36. The lowest BCUT2D eigenvalue weighted by Crippen LogP contribution is -2.44. The molecule has 1 aliphatic heterocycles. The molecule has 0 saturated carbocycles. The van der Waals surface area contributed by atoms with Gasteiger partial charge in [0.1, 0.15) is 0 Å². The van der Waals surface area contributed by atoms with E-state index in [4.69, 9.17) is 0 Å². The molecule has 94 valence electrons. The van der Waals surface area contributed by atoms with Crippen molar-refractivity contribution in [2.45, 2.75) is 52.5 Å². The first-order valence-electron chi connectivity index (χ1n) is 6.88. The molecule has 0 amide bonds. The molecule has 0 aliphatic carbocycles. The largest absolute Gasteiger partial charge is 0.315 e. The van der Waals surface area contributed by atoms with E-state index in [1.807, 2.05) is 0 Å². The smallest absolute Gasteiger partial charge is 0.0223 e. The molecule has 0 saturated heterocycles. The minimum Gasteiger partial charge on any atom is -0.315 e. The van der Waals surface area contributed by atoms with Gasteiger partial charge in [0.25, 0.3) is 0 Å². The third-order valence-electron chi connectivity index (χ3n) is 3.41. The summed E-state index contributed by atoms with van der Waals surface area (Å²) in [6.45, 7) is 11.5. The topological polar surface area (TPSA) is 15.3 Å². The van der Waals surface area contributed by atoms with Gasteiger partial charge in [-0.2, -0.15) is 0 Å². The Morgan fingerprint density at radius 3 is 2.75 bits per heavy atom. The minimum absolute atomic E-state index is 0.737. The minimum atomic E-state index is 0.737. The van der Waals surface area contributed by atoms with Crippen molar-refractivity contribution in [3.8, 4) is 0 Å². The fourth-order valence-corrected chi connectivity index (χ4v) is 2.31. The molecule has 1 atom stereocenters. The first-order chi connectivity index (χ1) is 7.77. The SMILES string of the molecule is CCCNCC(CCC)N1CC=C(C)CC1. The highest BCUT2D eigenvalue weighted by atomic mass is 15.2. The Kier molecular flexibility index (Phi) is 6.74. The van der Waals surface area contributed by atoms with Crippen molar-refractivity contribution < 1.29 is 0 Å². The van der Waals surface area contributed by atoms with Crippen molar-refractivity contribution >= 4 is 0 Å². The molecule has 2 nitrogen and oxygen atoms in total. The van der Waals surface area contributed by atoms with Crippen LogP contribution < -0.4 is 5.32 Å². The number of nitrogens with one attached hydrogen (secondary N) is 1. The van der Waals surface area contributed by atoms with E-state index in [-0.39, 0.29) is 0 Å². The van der Waals surface area contributed by atoms with Crippen LogP contribution in [-0.2, 0) is 0 Å². The average Bonchev–Trinajstić information content (AvgIpc) is 2.29. The van der Waals surface area contributed by atoms with Crippen LogP contribution in [-0.4, -0.2) is 37.1 Å². The van der Waals surface area contributed by atoms with Crippen LogP contribution >= 0.6 is 0 Å². The van der Waals surface area contributed by atoms with E-state index in [0.29, 0.717) is 0 Å². The van der Waals surface area contributed by atoms with Crippen LogP contribution in [0.15, 0.2) is 11.6 Å². The summed E-state index contributed by atoms with van der Waals surface area (Å²) in [5, 5.41) is 3.57. The standard InChI is InChI=1S/C14H28N2/c1-4-6-14(12-15-9-5-2)16-10-7-13(3)8-11-16/h7,14-15H,4-6,8-12H2,1-3H3. The molecule has 0 radical (unpaired) electrons. The molecule has 1 N–H and O–H groups in total. The van der Waals surface area contributed by atoms with Gasteiger partial charge in [-0.15, -0.1) is 0 Å². The predicted octanol–water partition coefficient (Wildman–Crippen LogP) is 2.81. The Morgan fingerprint density at radius 2 is 2.19 bits per heavy atom. The number of hydrogen-bond donors (Lipinski definition) is 1. The molecule has 0 aromatic heterocycles. The molecule has 1 aliphatic rings. The molecule has 0 spiro atoms. The van der Waals surface area contributed by atoms with Crippen molar-refractivity contribution in [1.29, 1.82) is 0 Å². The van der Waals surface area contributed by atoms with Gasteiger partial charge in [0.15, 0.2) is 0 Å². The molecular weight excluding hydrogens is 196 g/mol. The summed E-state index contributed by atoms with van der Waals surface area (Å²) < 4.78 is 0. The normalized spacial score (nSPS) is 19.6. The Morgan fingerprint density at radius 1 is 1.38 bits per heavy atom. The molecule has 2 heteroatoms. The zero-order chi connectivity index (χ0) is 11.8. The molecule has 1 rings (SSSR count). The van der Waals surface area contributed by atoms with Gasteiger partial charge in [0.05, 0.1) is 0 Å². The molecule has 1 heterocycles. The summed E-state index contributed by atoms with van der Waals surface area (Å²) in [5.74, 6) is 0. The lowest BCUT2D eigenvalue weighted by molar-refractivity contribution is 0.195. The fourth-order valence-electron chi connectivity index (χ4n) is 2.31. The van der Waals surface area contributed by atoms with Gasteiger partial charge in [0, 0.05) is 25.7 Å². The van der Waals surface area contributed by atoms with Gasteiger partial charge in [-0.3, -0.25) is 4.90 Å². The third-order valence-corrected chi connectivity index (χ3v) is 3.41. The van der Waals surface area contributed by atoms with E-state index in [0.717, 1.165) is 25.7 Å². The molecule has 0 bridgehead atoms. The molecule has 0 aromatic rings. The maximum absolute atomic E-state index is 3.57. The second-order valence-corrected chi connectivity index (χ2v) is 4.94. The zero-order valence-electron chi connectivity index (χ0n) is 11.3. The number of rotatable bonds is 7. The van der Waals surface area contributed by atoms with Gasteiger partial charge in [-0.25, -0.2) is 0 Å². The van der Waals surface area contributed by atoms with E-state index < -0.39 is 0 Å². The summed E-state index contributed by atoms with van der Waals surface area (Å²) in [6.07, 6.45) is 7.50. The Labute approximate surface area is 101 Å². The summed E-state index contributed by atoms with van der Waals surface area (Å²) in [5.41, 5.74) is 1.56. The van der Waals surface area contributed by atoms with Gasteiger partial charge in [-0.1, -0.05) is 31.9 Å². The maximum Gasteiger partial charge on any atom is 0.0223 e. The Bertz CT molecular complexity index is 211.